The minimum atomic E-state index is -4.91. The monoisotopic (exact) mass is 401 g/mol. The molecule has 0 spiro atoms. The zero-order chi connectivity index (χ0) is 18.9. The van der Waals surface area contributed by atoms with E-state index in [0.717, 1.165) is 18.9 Å². The van der Waals surface area contributed by atoms with Crippen LogP contribution < -0.4 is 5.32 Å². The van der Waals surface area contributed by atoms with Gasteiger partial charge in [-0.25, -0.2) is 8.42 Å². The number of amides is 1. The van der Waals surface area contributed by atoms with Crippen molar-refractivity contribution < 1.29 is 27.1 Å². The molecule has 1 fully saturated rings. The Morgan fingerprint density at radius 2 is 1.96 bits per heavy atom. The number of sulfone groups is 1. The van der Waals surface area contributed by atoms with Crippen molar-refractivity contribution in [2.45, 2.75) is 29.1 Å². The molecule has 2 aromatic rings. The molecule has 0 bridgehead atoms. The van der Waals surface area contributed by atoms with E-state index in [1.807, 2.05) is 5.38 Å². The van der Waals surface area contributed by atoms with Gasteiger partial charge in [-0.05, 0) is 42.3 Å². The van der Waals surface area contributed by atoms with Gasteiger partial charge in [0.1, 0.15) is 5.60 Å². The molecule has 0 unspecified atom stereocenters. The van der Waals surface area contributed by atoms with E-state index in [9.17, 15) is 27.1 Å². The first-order valence-corrected chi connectivity index (χ1v) is 10.3. The highest BCUT2D eigenvalue weighted by Crippen LogP contribution is 2.46. The predicted octanol–water partition coefficient (Wildman–Crippen LogP) is 2.77. The van der Waals surface area contributed by atoms with Gasteiger partial charge < -0.3 is 10.4 Å². The van der Waals surface area contributed by atoms with Crippen LogP contribution in [0.25, 0.3) is 0 Å². The Kier molecular flexibility index (Phi) is 5.14. The highest BCUT2D eigenvalue weighted by Gasteiger charge is 2.46. The third-order valence-electron chi connectivity index (χ3n) is 4.39. The fourth-order valence-electron chi connectivity index (χ4n) is 2.83. The van der Waals surface area contributed by atoms with Crippen LogP contribution in [0.15, 0.2) is 46.7 Å². The SMILES string of the molecule is O=C(NC[C@](O)(c1cccs1)C1CC1)c1ccccc1S(=O)(=O)C(F)F. The lowest BCUT2D eigenvalue weighted by atomic mass is 9.95. The van der Waals surface area contributed by atoms with Gasteiger partial charge in [0.15, 0.2) is 0 Å². The number of thiophene rings is 1. The second-order valence-corrected chi connectivity index (χ2v) is 8.99. The second-order valence-electron chi connectivity index (χ2n) is 6.16. The Bertz CT molecular complexity index is 895. The number of carbonyl (C=O) groups excluding carboxylic acids is 1. The zero-order valence-corrected chi connectivity index (χ0v) is 15.2. The van der Waals surface area contributed by atoms with Crippen molar-refractivity contribution in [2.24, 2.45) is 5.92 Å². The number of halogens is 2. The molecule has 1 aromatic heterocycles. The molecule has 1 aromatic carbocycles. The number of hydrogen-bond acceptors (Lipinski definition) is 5. The Balaban J connectivity index is 1.83. The van der Waals surface area contributed by atoms with Crippen molar-refractivity contribution in [3.05, 3.63) is 52.2 Å². The zero-order valence-electron chi connectivity index (χ0n) is 13.6. The molecular formula is C17H17F2NO4S2. The molecule has 1 amide bonds. The number of aliphatic hydroxyl groups is 1. The topological polar surface area (TPSA) is 83.5 Å². The second kappa shape index (κ2) is 7.05. The average Bonchev–Trinajstić information content (AvgIpc) is 3.34. The third kappa shape index (κ3) is 3.51. The van der Waals surface area contributed by atoms with Gasteiger partial charge in [-0.1, -0.05) is 18.2 Å². The molecule has 1 aliphatic rings. The predicted molar refractivity (Wildman–Crippen MR) is 92.9 cm³/mol. The Hall–Kier alpha value is -1.84. The molecular weight excluding hydrogens is 384 g/mol. The van der Waals surface area contributed by atoms with Crippen LogP contribution in [0.4, 0.5) is 8.78 Å². The summed E-state index contributed by atoms with van der Waals surface area (Å²) in [6, 6.07) is 8.38. The Labute approximate surface area is 153 Å². The van der Waals surface area contributed by atoms with Crippen LogP contribution in [0, 0.1) is 5.92 Å². The van der Waals surface area contributed by atoms with Crippen LogP contribution in [0.5, 0.6) is 0 Å². The fourth-order valence-corrected chi connectivity index (χ4v) is 4.66. The highest BCUT2D eigenvalue weighted by atomic mass is 32.2. The summed E-state index contributed by atoms with van der Waals surface area (Å²) in [5, 5.41) is 15.3. The molecule has 140 valence electrons. The summed E-state index contributed by atoms with van der Waals surface area (Å²) in [5.74, 6) is -4.44. The average molecular weight is 401 g/mol. The normalized spacial score (nSPS) is 17.1. The molecule has 2 N–H and O–H groups in total. The van der Waals surface area contributed by atoms with E-state index in [-0.39, 0.29) is 18.0 Å². The Morgan fingerprint density at radius 1 is 1.27 bits per heavy atom. The van der Waals surface area contributed by atoms with Crippen molar-refractivity contribution in [2.75, 3.05) is 6.54 Å². The molecule has 1 aliphatic carbocycles. The van der Waals surface area contributed by atoms with E-state index < -0.39 is 32.0 Å². The van der Waals surface area contributed by atoms with Gasteiger partial charge in [0.05, 0.1) is 17.0 Å². The molecule has 26 heavy (non-hydrogen) atoms. The smallest absolute Gasteiger partial charge is 0.341 e. The maximum atomic E-state index is 12.9. The first-order chi connectivity index (χ1) is 12.3. The summed E-state index contributed by atoms with van der Waals surface area (Å²) >= 11 is 1.36. The third-order valence-corrected chi connectivity index (χ3v) is 6.87. The summed E-state index contributed by atoms with van der Waals surface area (Å²) in [5.41, 5.74) is -1.61. The van der Waals surface area contributed by atoms with E-state index in [1.165, 1.54) is 29.5 Å². The molecule has 1 atom stereocenters. The number of nitrogens with one attached hydrogen (secondary N) is 1. The van der Waals surface area contributed by atoms with Crippen molar-refractivity contribution in [1.82, 2.24) is 5.32 Å². The highest BCUT2D eigenvalue weighted by molar-refractivity contribution is 7.91. The molecule has 1 saturated carbocycles. The van der Waals surface area contributed by atoms with Gasteiger partial charge in [0.25, 0.3) is 5.91 Å². The summed E-state index contributed by atoms with van der Waals surface area (Å²) in [7, 11) is -4.91. The van der Waals surface area contributed by atoms with Crippen molar-refractivity contribution in [3.63, 3.8) is 0 Å². The standard InChI is InChI=1S/C17H17F2NO4S2/c18-16(19)26(23,24)13-5-2-1-4-12(13)15(21)20-10-17(22,11-7-8-11)14-6-3-9-25-14/h1-6,9,11,16,22H,7-8,10H2,(H,20,21)/t17-/m1/s1. The molecule has 0 radical (unpaired) electrons. The van der Waals surface area contributed by atoms with Crippen LogP contribution in [-0.4, -0.2) is 31.7 Å². The minimum absolute atomic E-state index is 0.00138. The molecule has 0 saturated heterocycles. The van der Waals surface area contributed by atoms with Crippen LogP contribution in [-0.2, 0) is 15.4 Å². The lowest BCUT2D eigenvalue weighted by Crippen LogP contribution is -2.42. The van der Waals surface area contributed by atoms with Gasteiger partial charge >= 0.3 is 5.76 Å². The lowest BCUT2D eigenvalue weighted by Gasteiger charge is -2.27. The number of benzene rings is 1. The van der Waals surface area contributed by atoms with Crippen molar-refractivity contribution >= 4 is 27.1 Å². The number of carbonyl (C=O) groups is 1. The van der Waals surface area contributed by atoms with E-state index in [0.29, 0.717) is 4.88 Å². The van der Waals surface area contributed by atoms with Crippen LogP contribution in [0.3, 0.4) is 0 Å². The van der Waals surface area contributed by atoms with E-state index in [1.54, 1.807) is 12.1 Å². The lowest BCUT2D eigenvalue weighted by molar-refractivity contribution is 0.0169. The van der Waals surface area contributed by atoms with Gasteiger partial charge in [0, 0.05) is 4.88 Å². The quantitative estimate of drug-likeness (QED) is 0.747. The number of alkyl halides is 2. The molecule has 0 aliphatic heterocycles. The number of hydrogen-bond donors (Lipinski definition) is 2. The summed E-state index contributed by atoms with van der Waals surface area (Å²) in [6.07, 6.45) is 1.64. The van der Waals surface area contributed by atoms with Crippen LogP contribution >= 0.6 is 11.3 Å². The van der Waals surface area contributed by atoms with Gasteiger partial charge in [-0.2, -0.15) is 8.78 Å². The van der Waals surface area contributed by atoms with E-state index in [4.69, 9.17) is 0 Å². The first-order valence-electron chi connectivity index (χ1n) is 7.92. The van der Waals surface area contributed by atoms with Crippen molar-refractivity contribution in [3.8, 4) is 0 Å². The van der Waals surface area contributed by atoms with Gasteiger partial charge in [-0.3, -0.25) is 4.79 Å². The molecule has 1 heterocycles. The number of rotatable bonds is 7. The maximum Gasteiger partial charge on any atom is 0.341 e. The van der Waals surface area contributed by atoms with Crippen molar-refractivity contribution in [1.29, 1.82) is 0 Å². The van der Waals surface area contributed by atoms with E-state index >= 15 is 0 Å². The first kappa shape index (κ1) is 18.9. The largest absolute Gasteiger partial charge is 0.382 e. The fraction of sp³-hybridized carbons (Fsp3) is 0.353. The van der Waals surface area contributed by atoms with E-state index in [2.05, 4.69) is 5.32 Å². The van der Waals surface area contributed by atoms with Crippen LogP contribution in [0.2, 0.25) is 0 Å². The summed E-state index contributed by atoms with van der Waals surface area (Å²) < 4.78 is 49.3. The van der Waals surface area contributed by atoms with Gasteiger partial charge in [-0.15, -0.1) is 11.3 Å². The van der Waals surface area contributed by atoms with Crippen LogP contribution in [0.1, 0.15) is 28.1 Å². The summed E-state index contributed by atoms with van der Waals surface area (Å²) in [4.78, 5) is 12.4. The minimum Gasteiger partial charge on any atom is -0.382 e. The molecule has 9 heteroatoms. The summed E-state index contributed by atoms with van der Waals surface area (Å²) in [6.45, 7) is -0.125. The van der Waals surface area contributed by atoms with Gasteiger partial charge in [0.2, 0.25) is 9.84 Å². The maximum absolute atomic E-state index is 12.9. The molecule has 3 rings (SSSR count). The molecule has 5 nitrogen and oxygen atoms in total. The Morgan fingerprint density at radius 3 is 2.54 bits per heavy atom.